The molecule has 0 aliphatic carbocycles. The first kappa shape index (κ1) is 20.7. The third kappa shape index (κ3) is 6.56. The molecule has 0 aliphatic heterocycles. The number of guanidine groups is 1. The smallest absolute Gasteiger partial charge is 0.193 e. The number of hydrogen-bond donors (Lipinski definition) is 1. The third-order valence-electron chi connectivity index (χ3n) is 3.81. The number of halogens is 1. The summed E-state index contributed by atoms with van der Waals surface area (Å²) in [6.07, 6.45) is 1.17. The Bertz CT molecular complexity index is 866. The molecule has 0 spiro atoms. The van der Waals surface area contributed by atoms with Crippen molar-refractivity contribution in [3.05, 3.63) is 59.9 Å². The number of rotatable bonds is 7. The van der Waals surface area contributed by atoms with Gasteiger partial charge in [-0.15, -0.1) is 0 Å². The lowest BCUT2D eigenvalue weighted by atomic mass is 10.2. The topological polar surface area (TPSA) is 71.0 Å². The van der Waals surface area contributed by atoms with Crippen LogP contribution in [0, 0.1) is 5.82 Å². The Morgan fingerprint density at radius 2 is 1.78 bits per heavy atom. The summed E-state index contributed by atoms with van der Waals surface area (Å²) >= 11 is 0. The largest absolute Gasteiger partial charge is 0.492 e. The maximum absolute atomic E-state index is 13.0. The van der Waals surface area contributed by atoms with Crippen LogP contribution in [0.4, 0.5) is 4.39 Å². The maximum Gasteiger partial charge on any atom is 0.193 e. The Balaban J connectivity index is 1.79. The minimum absolute atomic E-state index is 0.259. The fourth-order valence-corrected chi connectivity index (χ4v) is 3.07. The van der Waals surface area contributed by atoms with Crippen molar-refractivity contribution in [2.24, 2.45) is 4.99 Å². The number of nitrogens with zero attached hydrogens (tertiary/aromatic N) is 2. The quantitative estimate of drug-likeness (QED) is 0.444. The van der Waals surface area contributed by atoms with Crippen molar-refractivity contribution in [1.82, 2.24) is 10.2 Å². The van der Waals surface area contributed by atoms with E-state index in [-0.39, 0.29) is 10.7 Å². The van der Waals surface area contributed by atoms with Crippen molar-refractivity contribution in [3.63, 3.8) is 0 Å². The number of hydrogen-bond acceptors (Lipinski definition) is 4. The highest BCUT2D eigenvalue weighted by Crippen LogP contribution is 2.15. The summed E-state index contributed by atoms with van der Waals surface area (Å²) in [5.74, 6) is 1.03. The minimum atomic E-state index is -3.21. The van der Waals surface area contributed by atoms with Gasteiger partial charge in [-0.2, -0.15) is 0 Å². The molecule has 0 saturated carbocycles. The predicted molar refractivity (Wildman–Crippen MR) is 104 cm³/mol. The Morgan fingerprint density at radius 1 is 1.15 bits per heavy atom. The van der Waals surface area contributed by atoms with Crippen LogP contribution in [0.5, 0.6) is 5.75 Å². The molecule has 0 unspecified atom stereocenters. The molecular weight excluding hydrogens is 369 g/mol. The van der Waals surface area contributed by atoms with Gasteiger partial charge in [0.1, 0.15) is 18.2 Å². The van der Waals surface area contributed by atoms with Gasteiger partial charge in [-0.3, -0.25) is 4.99 Å². The molecule has 0 aliphatic rings. The molecule has 0 radical (unpaired) electrons. The van der Waals surface area contributed by atoms with Gasteiger partial charge < -0.3 is 15.0 Å². The summed E-state index contributed by atoms with van der Waals surface area (Å²) in [4.78, 5) is 6.40. The minimum Gasteiger partial charge on any atom is -0.492 e. The molecule has 146 valence electrons. The van der Waals surface area contributed by atoms with Crippen molar-refractivity contribution in [2.45, 2.75) is 11.4 Å². The van der Waals surface area contributed by atoms with Gasteiger partial charge >= 0.3 is 0 Å². The van der Waals surface area contributed by atoms with E-state index in [1.54, 1.807) is 31.3 Å². The summed E-state index contributed by atoms with van der Waals surface area (Å²) in [5.41, 5.74) is 0.976. The third-order valence-corrected chi connectivity index (χ3v) is 4.94. The van der Waals surface area contributed by atoms with Crippen molar-refractivity contribution in [3.8, 4) is 5.75 Å². The monoisotopic (exact) mass is 393 g/mol. The second kappa shape index (κ2) is 9.36. The lowest BCUT2D eigenvalue weighted by molar-refractivity contribution is 0.319. The van der Waals surface area contributed by atoms with Crippen molar-refractivity contribution >= 4 is 15.8 Å². The van der Waals surface area contributed by atoms with Crippen molar-refractivity contribution in [1.29, 1.82) is 0 Å². The first-order chi connectivity index (χ1) is 12.8. The molecule has 27 heavy (non-hydrogen) atoms. The zero-order valence-corrected chi connectivity index (χ0v) is 16.5. The van der Waals surface area contributed by atoms with E-state index >= 15 is 0 Å². The van der Waals surface area contributed by atoms with E-state index in [9.17, 15) is 12.8 Å². The standard InChI is InChI=1S/C19H24FN3O3S/c1-21-19(23(2)14-15-4-6-16(20)7-5-15)22-12-13-26-17-8-10-18(11-9-17)27(3,24)25/h4-11H,12-14H2,1-3H3,(H,21,22). The molecule has 1 N–H and O–H groups in total. The molecule has 0 heterocycles. The Labute approximate surface area is 159 Å². The van der Waals surface area contributed by atoms with Gasteiger partial charge in [0, 0.05) is 26.9 Å². The molecule has 2 aromatic rings. The molecule has 8 heteroatoms. The van der Waals surface area contributed by atoms with E-state index in [0.29, 0.717) is 31.4 Å². The Hall–Kier alpha value is -2.61. The van der Waals surface area contributed by atoms with Crippen LogP contribution in [-0.2, 0) is 16.4 Å². The van der Waals surface area contributed by atoms with Gasteiger partial charge in [0.25, 0.3) is 0 Å². The predicted octanol–water partition coefficient (Wildman–Crippen LogP) is 2.32. The fraction of sp³-hybridized carbons (Fsp3) is 0.316. The van der Waals surface area contributed by atoms with Crippen molar-refractivity contribution < 1.29 is 17.5 Å². The molecule has 0 bridgehead atoms. The lowest BCUT2D eigenvalue weighted by Crippen LogP contribution is -2.40. The van der Waals surface area contributed by atoms with Crippen LogP contribution in [0.15, 0.2) is 58.4 Å². The molecule has 2 rings (SSSR count). The highest BCUT2D eigenvalue weighted by Gasteiger charge is 2.08. The van der Waals surface area contributed by atoms with Gasteiger partial charge in [0.15, 0.2) is 15.8 Å². The zero-order chi connectivity index (χ0) is 19.9. The average molecular weight is 393 g/mol. The second-order valence-corrected chi connectivity index (χ2v) is 8.06. The molecule has 0 amide bonds. The number of aliphatic imine (C=N–C) groups is 1. The molecule has 2 aromatic carbocycles. The van der Waals surface area contributed by atoms with Gasteiger partial charge in [0.2, 0.25) is 0 Å². The van der Waals surface area contributed by atoms with E-state index < -0.39 is 9.84 Å². The Morgan fingerprint density at radius 3 is 2.33 bits per heavy atom. The summed E-state index contributed by atoms with van der Waals surface area (Å²) in [5, 5.41) is 3.19. The van der Waals surface area contributed by atoms with E-state index in [2.05, 4.69) is 10.3 Å². The number of benzene rings is 2. The van der Waals surface area contributed by atoms with Crippen LogP contribution in [-0.4, -0.2) is 52.8 Å². The van der Waals surface area contributed by atoms with Gasteiger partial charge in [-0.1, -0.05) is 12.1 Å². The van der Waals surface area contributed by atoms with Crippen LogP contribution < -0.4 is 10.1 Å². The average Bonchev–Trinajstić information content (AvgIpc) is 2.63. The summed E-state index contributed by atoms with van der Waals surface area (Å²) in [6.45, 7) is 1.50. The SMILES string of the molecule is CN=C(NCCOc1ccc(S(C)(=O)=O)cc1)N(C)Cc1ccc(F)cc1. The van der Waals surface area contributed by atoms with Gasteiger partial charge in [0.05, 0.1) is 11.4 Å². The molecule has 6 nitrogen and oxygen atoms in total. The Kier molecular flexibility index (Phi) is 7.18. The normalized spacial score (nSPS) is 11.9. The highest BCUT2D eigenvalue weighted by atomic mass is 32.2. The summed E-state index contributed by atoms with van der Waals surface area (Å²) in [6, 6.07) is 12.6. The molecular formula is C19H24FN3O3S. The van der Waals surface area contributed by atoms with Crippen LogP contribution in [0.25, 0.3) is 0 Å². The molecule has 0 fully saturated rings. The van der Waals surface area contributed by atoms with Crippen molar-refractivity contribution in [2.75, 3.05) is 33.5 Å². The van der Waals surface area contributed by atoms with Crippen LogP contribution in [0.2, 0.25) is 0 Å². The van der Waals surface area contributed by atoms with E-state index in [1.165, 1.54) is 30.5 Å². The number of sulfone groups is 1. The lowest BCUT2D eigenvalue weighted by Gasteiger charge is -2.22. The number of ether oxygens (including phenoxy) is 1. The number of nitrogens with one attached hydrogen (secondary N) is 1. The molecule has 0 atom stereocenters. The maximum atomic E-state index is 13.0. The highest BCUT2D eigenvalue weighted by molar-refractivity contribution is 7.90. The first-order valence-electron chi connectivity index (χ1n) is 8.39. The van der Waals surface area contributed by atoms with Crippen LogP contribution >= 0.6 is 0 Å². The summed E-state index contributed by atoms with van der Waals surface area (Å²) in [7, 11) is 0.374. The van der Waals surface area contributed by atoms with Crippen LogP contribution in [0.3, 0.4) is 0 Å². The van der Waals surface area contributed by atoms with E-state index in [1.807, 2.05) is 11.9 Å². The second-order valence-electron chi connectivity index (χ2n) is 6.05. The summed E-state index contributed by atoms with van der Waals surface area (Å²) < 4.78 is 41.5. The first-order valence-corrected chi connectivity index (χ1v) is 10.3. The van der Waals surface area contributed by atoms with E-state index in [0.717, 1.165) is 5.56 Å². The van der Waals surface area contributed by atoms with Crippen LogP contribution in [0.1, 0.15) is 5.56 Å². The fourth-order valence-electron chi connectivity index (χ4n) is 2.44. The molecule has 0 saturated heterocycles. The van der Waals surface area contributed by atoms with E-state index in [4.69, 9.17) is 4.74 Å². The van der Waals surface area contributed by atoms with Gasteiger partial charge in [-0.25, -0.2) is 12.8 Å². The van der Waals surface area contributed by atoms with Gasteiger partial charge in [-0.05, 0) is 42.0 Å². The zero-order valence-electron chi connectivity index (χ0n) is 15.6. The molecule has 0 aromatic heterocycles.